The molecule has 0 aromatic heterocycles. The van der Waals surface area contributed by atoms with Crippen LogP contribution in [0.2, 0.25) is 0 Å². The smallest absolute Gasteiger partial charge is 0.301 e. The van der Waals surface area contributed by atoms with Crippen LogP contribution in [-0.4, -0.2) is 18.7 Å². The third kappa shape index (κ3) is 2.55. The molecule has 3 heteroatoms. The quantitative estimate of drug-likeness (QED) is 0.349. The molecule has 0 fully saturated rings. The normalized spacial score (nSPS) is 13.5. The van der Waals surface area contributed by atoms with Gasteiger partial charge in [-0.1, -0.05) is 20.8 Å². The molecule has 0 bridgehead atoms. The number of amides is 1. The van der Waals surface area contributed by atoms with Crippen LogP contribution in [-0.2, 0) is 9.59 Å². The van der Waals surface area contributed by atoms with Crippen molar-refractivity contribution in [1.82, 2.24) is 5.32 Å². The SMILES string of the molecule is CC(C)(C)C(C=O)N[C+]=O. The second kappa shape index (κ2) is 3.28. The summed E-state index contributed by atoms with van der Waals surface area (Å²) in [5.74, 6) is 0. The Balaban J connectivity index is 4.05. The molecule has 0 saturated carbocycles. The van der Waals surface area contributed by atoms with Gasteiger partial charge in [0.05, 0.1) is 4.79 Å². The van der Waals surface area contributed by atoms with Gasteiger partial charge in [0.25, 0.3) is 0 Å². The molecule has 1 N–H and O–H groups in total. The van der Waals surface area contributed by atoms with E-state index < -0.39 is 6.04 Å². The first-order valence-corrected chi connectivity index (χ1v) is 3.10. The highest BCUT2D eigenvalue weighted by Crippen LogP contribution is 2.16. The second-order valence-corrected chi connectivity index (χ2v) is 3.23. The van der Waals surface area contributed by atoms with E-state index in [1.165, 1.54) is 6.41 Å². The molecule has 0 aliphatic heterocycles. The van der Waals surface area contributed by atoms with Crippen molar-refractivity contribution in [3.63, 3.8) is 0 Å². The topological polar surface area (TPSA) is 46.2 Å². The molecule has 0 radical (unpaired) electrons. The van der Waals surface area contributed by atoms with Gasteiger partial charge in [0.15, 0.2) is 0 Å². The van der Waals surface area contributed by atoms with E-state index in [9.17, 15) is 9.59 Å². The first-order chi connectivity index (χ1) is 4.52. The molecule has 0 heterocycles. The van der Waals surface area contributed by atoms with Crippen LogP contribution < -0.4 is 5.32 Å². The Morgan fingerprint density at radius 2 is 2.00 bits per heavy atom. The summed E-state index contributed by atoms with van der Waals surface area (Å²) in [6.45, 7) is 5.61. The molecule has 0 rings (SSSR count). The minimum Gasteiger partial charge on any atom is -0.301 e. The highest BCUT2D eigenvalue weighted by molar-refractivity contribution is 5.64. The first-order valence-electron chi connectivity index (χ1n) is 3.10. The Morgan fingerprint density at radius 1 is 1.50 bits per heavy atom. The third-order valence-corrected chi connectivity index (χ3v) is 1.28. The van der Waals surface area contributed by atoms with Gasteiger partial charge in [0, 0.05) is 0 Å². The van der Waals surface area contributed by atoms with E-state index in [2.05, 4.69) is 5.32 Å². The van der Waals surface area contributed by atoms with Crippen molar-refractivity contribution in [2.45, 2.75) is 26.8 Å². The van der Waals surface area contributed by atoms with Gasteiger partial charge in [-0.05, 0) is 5.41 Å². The Hall–Kier alpha value is -0.950. The molecule has 1 amide bonds. The molecule has 0 aliphatic rings. The van der Waals surface area contributed by atoms with Gasteiger partial charge in [-0.25, -0.2) is 0 Å². The number of carbonyl (C=O) groups excluding carboxylic acids is 2. The maximum Gasteiger partial charge on any atom is 0.665 e. The van der Waals surface area contributed by atoms with Crippen LogP contribution in [0.1, 0.15) is 20.8 Å². The average molecular weight is 142 g/mol. The van der Waals surface area contributed by atoms with E-state index in [1.807, 2.05) is 20.8 Å². The Labute approximate surface area is 60.8 Å². The average Bonchev–Trinajstić information content (AvgIpc) is 1.80. The van der Waals surface area contributed by atoms with E-state index >= 15 is 0 Å². The maximum absolute atomic E-state index is 10.3. The predicted molar refractivity (Wildman–Crippen MR) is 38.1 cm³/mol. The lowest BCUT2D eigenvalue weighted by Crippen LogP contribution is -2.40. The van der Waals surface area contributed by atoms with Crippen molar-refractivity contribution in [2.75, 3.05) is 0 Å². The van der Waals surface area contributed by atoms with Crippen LogP contribution >= 0.6 is 0 Å². The molecule has 3 nitrogen and oxygen atoms in total. The molecule has 0 aromatic rings. The van der Waals surface area contributed by atoms with Crippen molar-refractivity contribution in [1.29, 1.82) is 0 Å². The predicted octanol–water partition coefficient (Wildman–Crippen LogP) is 0.257. The highest BCUT2D eigenvalue weighted by Gasteiger charge is 2.27. The van der Waals surface area contributed by atoms with Gasteiger partial charge < -0.3 is 4.79 Å². The molecule has 56 valence electrons. The van der Waals surface area contributed by atoms with Crippen molar-refractivity contribution < 1.29 is 9.59 Å². The largest absolute Gasteiger partial charge is 0.665 e. The molecule has 1 atom stereocenters. The van der Waals surface area contributed by atoms with Crippen LogP contribution in [0.15, 0.2) is 0 Å². The van der Waals surface area contributed by atoms with E-state index in [0.29, 0.717) is 6.29 Å². The molecule has 0 spiro atoms. The van der Waals surface area contributed by atoms with Crippen LogP contribution in [0.3, 0.4) is 0 Å². The first kappa shape index (κ1) is 9.05. The van der Waals surface area contributed by atoms with Crippen LogP contribution in [0, 0.1) is 5.41 Å². The summed E-state index contributed by atoms with van der Waals surface area (Å²) in [4.78, 5) is 20.1. The summed E-state index contributed by atoms with van der Waals surface area (Å²) in [6, 6.07) is -0.440. The molecular formula is C7H12NO2+. The van der Waals surface area contributed by atoms with Gasteiger partial charge in [0.1, 0.15) is 12.3 Å². The second-order valence-electron chi connectivity index (χ2n) is 3.23. The van der Waals surface area contributed by atoms with Crippen LogP contribution in [0.25, 0.3) is 0 Å². The number of rotatable bonds is 3. The summed E-state index contributed by atoms with van der Waals surface area (Å²) >= 11 is 0. The van der Waals surface area contributed by atoms with Gasteiger partial charge >= 0.3 is 6.41 Å². The minimum atomic E-state index is -0.440. The maximum atomic E-state index is 10.3. The Morgan fingerprint density at radius 3 is 2.10 bits per heavy atom. The Bertz CT molecular complexity index is 126. The zero-order valence-electron chi connectivity index (χ0n) is 6.47. The zero-order valence-corrected chi connectivity index (χ0v) is 6.47. The highest BCUT2D eigenvalue weighted by atomic mass is 16.1. The molecule has 1 unspecified atom stereocenters. The van der Waals surface area contributed by atoms with E-state index in [-0.39, 0.29) is 5.41 Å². The van der Waals surface area contributed by atoms with Gasteiger partial charge in [-0.15, -0.1) is 5.32 Å². The molecule has 0 aliphatic carbocycles. The number of nitrogens with one attached hydrogen (secondary N) is 1. The van der Waals surface area contributed by atoms with Crippen LogP contribution in [0.5, 0.6) is 0 Å². The fraction of sp³-hybridized carbons (Fsp3) is 0.714. The van der Waals surface area contributed by atoms with Crippen molar-refractivity contribution in [3.8, 4) is 0 Å². The summed E-state index contributed by atoms with van der Waals surface area (Å²) < 4.78 is 0. The summed E-state index contributed by atoms with van der Waals surface area (Å²) in [5.41, 5.74) is -0.223. The summed E-state index contributed by atoms with van der Waals surface area (Å²) in [5, 5.41) is 2.30. The number of hydrogen-bond donors (Lipinski definition) is 1. The summed E-state index contributed by atoms with van der Waals surface area (Å²) in [7, 11) is 0. The number of hydrogen-bond acceptors (Lipinski definition) is 2. The molecule has 10 heavy (non-hydrogen) atoms. The lowest BCUT2D eigenvalue weighted by Gasteiger charge is -2.20. The van der Waals surface area contributed by atoms with Crippen LogP contribution in [0.4, 0.5) is 0 Å². The zero-order chi connectivity index (χ0) is 8.20. The van der Waals surface area contributed by atoms with Crippen molar-refractivity contribution >= 4 is 12.7 Å². The molecule has 0 saturated heterocycles. The number of aldehydes is 1. The van der Waals surface area contributed by atoms with E-state index in [4.69, 9.17) is 0 Å². The fourth-order valence-corrected chi connectivity index (χ4v) is 0.518. The van der Waals surface area contributed by atoms with E-state index in [0.717, 1.165) is 0 Å². The van der Waals surface area contributed by atoms with Gasteiger partial charge in [-0.3, -0.25) is 0 Å². The van der Waals surface area contributed by atoms with E-state index in [1.54, 1.807) is 0 Å². The molecular weight excluding hydrogens is 130 g/mol. The number of carbonyl (C=O) groups is 1. The Kier molecular flexibility index (Phi) is 2.97. The molecule has 0 aromatic carbocycles. The lowest BCUT2D eigenvalue weighted by molar-refractivity contribution is -0.111. The standard InChI is InChI=1S/C7H12NO2/c1-7(2,3)6(4-9)8-5-10/h4,6H,1-3H3,(H,8,10)/q+1. The van der Waals surface area contributed by atoms with Crippen molar-refractivity contribution in [2.24, 2.45) is 5.41 Å². The van der Waals surface area contributed by atoms with Gasteiger partial charge in [-0.2, -0.15) is 0 Å². The monoisotopic (exact) mass is 142 g/mol. The lowest BCUT2D eigenvalue weighted by atomic mass is 9.88. The minimum absolute atomic E-state index is 0.223. The summed E-state index contributed by atoms with van der Waals surface area (Å²) in [6.07, 6.45) is 2.21. The van der Waals surface area contributed by atoms with Crippen molar-refractivity contribution in [3.05, 3.63) is 0 Å². The fourth-order valence-electron chi connectivity index (χ4n) is 0.518. The van der Waals surface area contributed by atoms with Gasteiger partial charge in [0.2, 0.25) is 0 Å². The third-order valence-electron chi connectivity index (χ3n) is 1.28.